The summed E-state index contributed by atoms with van der Waals surface area (Å²) in [4.78, 5) is 53.4. The van der Waals surface area contributed by atoms with Crippen LogP contribution in [0.1, 0.15) is 50.5 Å². The number of Topliss-reactive ketones (excluding diaryl/α,β-unsaturated/α-hetero) is 1. The Kier molecular flexibility index (Phi) is 8.50. The smallest absolute Gasteiger partial charge is 0.321 e. The summed E-state index contributed by atoms with van der Waals surface area (Å²) in [7, 11) is 1.58. The van der Waals surface area contributed by atoms with Gasteiger partial charge in [0.25, 0.3) is 17.6 Å². The minimum absolute atomic E-state index is 0.0455. The molecule has 0 saturated carbocycles. The van der Waals surface area contributed by atoms with Crippen molar-refractivity contribution in [3.63, 3.8) is 0 Å². The molecule has 0 radical (unpaired) electrons. The first-order chi connectivity index (χ1) is 19.4. The van der Waals surface area contributed by atoms with Gasteiger partial charge in [-0.25, -0.2) is 18.0 Å². The van der Waals surface area contributed by atoms with E-state index >= 15 is 0 Å². The lowest BCUT2D eigenvalue weighted by molar-refractivity contribution is -0.118. The van der Waals surface area contributed by atoms with Gasteiger partial charge in [-0.15, -0.1) is 0 Å². The van der Waals surface area contributed by atoms with Gasteiger partial charge < -0.3 is 25.4 Å². The highest BCUT2D eigenvalue weighted by molar-refractivity contribution is 6.43. The van der Waals surface area contributed by atoms with E-state index in [9.17, 15) is 32.3 Å². The monoisotopic (exact) mass is 569 g/mol. The lowest BCUT2D eigenvalue weighted by atomic mass is 10.0. The molecule has 1 aromatic heterocycles. The molecular formula is C29H30F3N5O4. The standard InChI is InChI=1S/C29H30F3N5O4/c1-15-12-18(7-9-21(15)30)33-27(39)24-16(2)25(36(4)17(24)3)26(38)28(40)34-20-6-5-11-37(14-20)29(41)35-19-8-10-22(31)23(32)13-19/h7-10,12-13,20H,5-6,11,14H2,1-4H3,(H,33,39)(H,34,40)(H,35,41). The fourth-order valence-electron chi connectivity index (χ4n) is 4.96. The van der Waals surface area contributed by atoms with E-state index in [2.05, 4.69) is 16.0 Å². The van der Waals surface area contributed by atoms with E-state index in [0.29, 0.717) is 41.9 Å². The van der Waals surface area contributed by atoms with Crippen molar-refractivity contribution in [1.82, 2.24) is 14.8 Å². The fourth-order valence-corrected chi connectivity index (χ4v) is 4.96. The average Bonchev–Trinajstić information content (AvgIpc) is 3.15. The van der Waals surface area contributed by atoms with Gasteiger partial charge in [0.15, 0.2) is 11.6 Å². The van der Waals surface area contributed by atoms with E-state index in [1.165, 1.54) is 33.7 Å². The number of anilines is 2. The molecule has 0 aliphatic carbocycles. The molecule has 9 nitrogen and oxygen atoms in total. The molecule has 41 heavy (non-hydrogen) atoms. The Hall–Kier alpha value is -4.61. The van der Waals surface area contributed by atoms with Crippen molar-refractivity contribution in [1.29, 1.82) is 0 Å². The van der Waals surface area contributed by atoms with Crippen molar-refractivity contribution in [3.05, 3.63) is 81.9 Å². The molecule has 12 heteroatoms. The average molecular weight is 570 g/mol. The second-order valence-corrected chi connectivity index (χ2v) is 10.1. The number of ketones is 1. The molecule has 4 rings (SSSR count). The first-order valence-electron chi connectivity index (χ1n) is 13.0. The van der Waals surface area contributed by atoms with Gasteiger partial charge in [0, 0.05) is 49.3 Å². The van der Waals surface area contributed by atoms with E-state index in [4.69, 9.17) is 0 Å². The number of urea groups is 1. The number of likely N-dealkylation sites (tertiary alicyclic amines) is 1. The predicted octanol–water partition coefficient (Wildman–Crippen LogP) is 4.62. The molecule has 1 aliphatic heterocycles. The SMILES string of the molecule is Cc1cc(NC(=O)c2c(C)c(C(=O)C(=O)NC3CCCN(C(=O)Nc4ccc(F)c(F)c4)C3)n(C)c2C)ccc1F. The van der Waals surface area contributed by atoms with Crippen LogP contribution in [0.3, 0.4) is 0 Å². The van der Waals surface area contributed by atoms with E-state index in [0.717, 1.165) is 12.1 Å². The number of rotatable bonds is 6. The molecule has 3 aromatic rings. The van der Waals surface area contributed by atoms with Crippen molar-refractivity contribution < 1.29 is 32.3 Å². The Balaban J connectivity index is 1.43. The molecule has 3 N–H and O–H groups in total. The normalized spacial score (nSPS) is 14.9. The van der Waals surface area contributed by atoms with Crippen LogP contribution in [0.2, 0.25) is 0 Å². The second kappa shape index (κ2) is 11.9. The molecule has 1 saturated heterocycles. The summed E-state index contributed by atoms with van der Waals surface area (Å²) in [6.07, 6.45) is 1.06. The molecular weight excluding hydrogens is 539 g/mol. The maximum absolute atomic E-state index is 13.6. The number of hydrogen-bond donors (Lipinski definition) is 3. The van der Waals surface area contributed by atoms with Crippen LogP contribution in [0.15, 0.2) is 36.4 Å². The van der Waals surface area contributed by atoms with Crippen LogP contribution in [-0.2, 0) is 11.8 Å². The van der Waals surface area contributed by atoms with Gasteiger partial charge in [0.2, 0.25) is 0 Å². The van der Waals surface area contributed by atoms with E-state index in [1.807, 2.05) is 0 Å². The zero-order valence-corrected chi connectivity index (χ0v) is 23.0. The number of nitrogens with zero attached hydrogens (tertiary/aromatic N) is 2. The number of amides is 4. The number of nitrogens with one attached hydrogen (secondary N) is 3. The molecule has 216 valence electrons. The Morgan fingerprint density at radius 3 is 2.20 bits per heavy atom. The molecule has 2 aromatic carbocycles. The van der Waals surface area contributed by atoms with E-state index < -0.39 is 47.1 Å². The van der Waals surface area contributed by atoms with Gasteiger partial charge in [0.1, 0.15) is 5.82 Å². The van der Waals surface area contributed by atoms with Crippen LogP contribution in [0.25, 0.3) is 0 Å². The predicted molar refractivity (Wildman–Crippen MR) is 146 cm³/mol. The summed E-state index contributed by atoms with van der Waals surface area (Å²) in [6.45, 7) is 5.27. The largest absolute Gasteiger partial charge is 0.345 e. The third-order valence-electron chi connectivity index (χ3n) is 7.21. The first-order valence-corrected chi connectivity index (χ1v) is 13.0. The number of piperidine rings is 1. The van der Waals surface area contributed by atoms with Crippen LogP contribution < -0.4 is 16.0 Å². The Morgan fingerprint density at radius 2 is 1.54 bits per heavy atom. The van der Waals surface area contributed by atoms with Crippen LogP contribution in [0, 0.1) is 38.2 Å². The van der Waals surface area contributed by atoms with Crippen LogP contribution in [0.4, 0.5) is 29.3 Å². The first kappa shape index (κ1) is 29.4. The minimum Gasteiger partial charge on any atom is -0.345 e. The Morgan fingerprint density at radius 1 is 0.878 bits per heavy atom. The summed E-state index contributed by atoms with van der Waals surface area (Å²) in [6, 6.07) is 6.09. The van der Waals surface area contributed by atoms with Crippen LogP contribution >= 0.6 is 0 Å². The molecule has 0 bridgehead atoms. The molecule has 1 atom stereocenters. The summed E-state index contributed by atoms with van der Waals surface area (Å²) in [5.74, 6) is -4.76. The fraction of sp³-hybridized carbons (Fsp3) is 0.310. The van der Waals surface area contributed by atoms with Crippen LogP contribution in [0.5, 0.6) is 0 Å². The summed E-state index contributed by atoms with van der Waals surface area (Å²) >= 11 is 0. The topological polar surface area (TPSA) is 113 Å². The lowest BCUT2D eigenvalue weighted by Crippen LogP contribution is -2.52. The molecule has 4 amide bonds. The van der Waals surface area contributed by atoms with Crippen molar-refractivity contribution in [3.8, 4) is 0 Å². The highest BCUT2D eigenvalue weighted by atomic mass is 19.2. The molecule has 2 heterocycles. The zero-order valence-electron chi connectivity index (χ0n) is 23.0. The highest BCUT2D eigenvalue weighted by Crippen LogP contribution is 2.24. The van der Waals surface area contributed by atoms with E-state index in [-0.39, 0.29) is 23.5 Å². The van der Waals surface area contributed by atoms with E-state index in [1.54, 1.807) is 27.8 Å². The molecule has 1 unspecified atom stereocenters. The number of carbonyl (C=O) groups is 4. The van der Waals surface area contributed by atoms with Crippen molar-refractivity contribution in [2.24, 2.45) is 7.05 Å². The maximum Gasteiger partial charge on any atom is 0.321 e. The Bertz CT molecular complexity index is 1550. The number of hydrogen-bond acceptors (Lipinski definition) is 4. The number of aromatic nitrogens is 1. The van der Waals surface area contributed by atoms with Crippen molar-refractivity contribution in [2.75, 3.05) is 23.7 Å². The van der Waals surface area contributed by atoms with Gasteiger partial charge in [-0.1, -0.05) is 0 Å². The van der Waals surface area contributed by atoms with Gasteiger partial charge in [0.05, 0.1) is 11.3 Å². The lowest BCUT2D eigenvalue weighted by Gasteiger charge is -2.33. The highest BCUT2D eigenvalue weighted by Gasteiger charge is 2.31. The number of halogens is 3. The summed E-state index contributed by atoms with van der Waals surface area (Å²) < 4.78 is 41.8. The Labute approximate surface area is 234 Å². The van der Waals surface area contributed by atoms with Crippen LogP contribution in [-0.4, -0.2) is 52.2 Å². The van der Waals surface area contributed by atoms with Crippen molar-refractivity contribution >= 4 is 35.0 Å². The van der Waals surface area contributed by atoms with Gasteiger partial charge in [-0.2, -0.15) is 0 Å². The van der Waals surface area contributed by atoms with Gasteiger partial charge in [-0.3, -0.25) is 14.4 Å². The number of benzene rings is 2. The maximum atomic E-state index is 13.6. The summed E-state index contributed by atoms with van der Waals surface area (Å²) in [5, 5.41) is 7.89. The summed E-state index contributed by atoms with van der Waals surface area (Å²) in [5.41, 5.74) is 1.88. The van der Waals surface area contributed by atoms with Gasteiger partial charge in [-0.05, 0) is 75.1 Å². The molecule has 1 fully saturated rings. The minimum atomic E-state index is -1.09. The van der Waals surface area contributed by atoms with Crippen molar-refractivity contribution in [2.45, 2.75) is 39.7 Å². The molecule has 1 aliphatic rings. The van der Waals surface area contributed by atoms with Gasteiger partial charge >= 0.3 is 6.03 Å². The number of aryl methyl sites for hydroxylation is 1. The quantitative estimate of drug-likeness (QED) is 0.297. The zero-order chi connectivity index (χ0) is 30.0. The molecule has 0 spiro atoms. The third-order valence-corrected chi connectivity index (χ3v) is 7.21. The second-order valence-electron chi connectivity index (χ2n) is 10.1. The number of carbonyl (C=O) groups excluding carboxylic acids is 4. The third kappa shape index (κ3) is 6.26.